The van der Waals surface area contributed by atoms with Gasteiger partial charge in [-0.25, -0.2) is 13.4 Å². The highest BCUT2D eigenvalue weighted by molar-refractivity contribution is 7.90. The van der Waals surface area contributed by atoms with Crippen molar-refractivity contribution < 1.29 is 17.9 Å². The Morgan fingerprint density at radius 2 is 2.00 bits per heavy atom. The molecule has 0 bridgehead atoms. The molecule has 0 N–H and O–H groups in total. The number of sulfone groups is 1. The van der Waals surface area contributed by atoms with E-state index in [2.05, 4.69) is 4.98 Å². The van der Waals surface area contributed by atoms with E-state index in [0.29, 0.717) is 18.1 Å². The van der Waals surface area contributed by atoms with Crippen LogP contribution in [0.25, 0.3) is 0 Å². The Bertz CT molecular complexity index is 864. The normalized spacial score (nSPS) is 17.3. The minimum atomic E-state index is -3.50. The third-order valence-electron chi connectivity index (χ3n) is 3.56. The van der Waals surface area contributed by atoms with Crippen molar-refractivity contribution in [3.8, 4) is 5.88 Å². The van der Waals surface area contributed by atoms with Crippen LogP contribution in [0.1, 0.15) is 17.3 Å². The molecular formula is C16H16N2O4S. The van der Waals surface area contributed by atoms with Gasteiger partial charge in [-0.2, -0.15) is 0 Å². The molecule has 1 unspecified atom stereocenters. The van der Waals surface area contributed by atoms with Crippen molar-refractivity contribution in [1.82, 2.24) is 4.98 Å². The average molecular weight is 332 g/mol. The zero-order valence-corrected chi connectivity index (χ0v) is 13.6. The number of hydrogen-bond donors (Lipinski definition) is 0. The van der Waals surface area contributed by atoms with Gasteiger partial charge in [-0.3, -0.25) is 9.69 Å². The first-order chi connectivity index (χ1) is 10.9. The third-order valence-corrected chi connectivity index (χ3v) is 4.71. The van der Waals surface area contributed by atoms with Crippen LogP contribution in [0.5, 0.6) is 5.88 Å². The van der Waals surface area contributed by atoms with Gasteiger partial charge in [0.15, 0.2) is 9.84 Å². The van der Waals surface area contributed by atoms with Crippen molar-refractivity contribution in [2.24, 2.45) is 0 Å². The van der Waals surface area contributed by atoms with Crippen LogP contribution >= 0.6 is 0 Å². The number of ether oxygens (including phenoxy) is 1. The molecule has 0 radical (unpaired) electrons. The van der Waals surface area contributed by atoms with Gasteiger partial charge in [0.1, 0.15) is 11.8 Å². The lowest BCUT2D eigenvalue weighted by Gasteiger charge is -2.32. The van der Waals surface area contributed by atoms with Gasteiger partial charge >= 0.3 is 0 Å². The minimum absolute atomic E-state index is 0.0228. The molecule has 3 rings (SSSR count). The zero-order valence-electron chi connectivity index (χ0n) is 12.8. The van der Waals surface area contributed by atoms with E-state index in [4.69, 9.17) is 4.74 Å². The molecule has 2 aromatic rings. The standard InChI is InChI=1S/C16H16N2O4S/c1-11-10-18(13-7-5-9-17-15(13)22-11)16(19)12-6-3-4-8-14(12)23(2,20)21/h3-9,11H,10H2,1-2H3. The molecule has 6 nitrogen and oxygen atoms in total. The predicted octanol–water partition coefficient (Wildman–Crippen LogP) is 1.91. The summed E-state index contributed by atoms with van der Waals surface area (Å²) >= 11 is 0. The number of carbonyl (C=O) groups is 1. The summed E-state index contributed by atoms with van der Waals surface area (Å²) in [6.45, 7) is 2.16. The number of pyridine rings is 1. The van der Waals surface area contributed by atoms with Crippen LogP contribution in [0, 0.1) is 0 Å². The average Bonchev–Trinajstić information content (AvgIpc) is 2.52. The van der Waals surface area contributed by atoms with Gasteiger partial charge in [0.25, 0.3) is 5.91 Å². The molecule has 120 valence electrons. The SMILES string of the molecule is CC1CN(C(=O)c2ccccc2S(C)(=O)=O)c2cccnc2O1. The van der Waals surface area contributed by atoms with Gasteiger partial charge in [0.05, 0.1) is 17.0 Å². The minimum Gasteiger partial charge on any atom is -0.471 e. The molecule has 1 aromatic heterocycles. The first-order valence-corrected chi connectivity index (χ1v) is 8.99. The number of carbonyl (C=O) groups excluding carboxylic acids is 1. The van der Waals surface area contributed by atoms with Crippen LogP contribution in [0.4, 0.5) is 5.69 Å². The Hall–Kier alpha value is -2.41. The summed E-state index contributed by atoms with van der Waals surface area (Å²) in [6.07, 6.45) is 2.45. The number of aromatic nitrogens is 1. The lowest BCUT2D eigenvalue weighted by atomic mass is 10.1. The van der Waals surface area contributed by atoms with E-state index >= 15 is 0 Å². The number of rotatable bonds is 2. The van der Waals surface area contributed by atoms with E-state index in [1.165, 1.54) is 17.0 Å². The summed E-state index contributed by atoms with van der Waals surface area (Å²) in [5.74, 6) is -0.00754. The number of anilines is 1. The lowest BCUT2D eigenvalue weighted by molar-refractivity contribution is 0.0955. The molecule has 0 fully saturated rings. The highest BCUT2D eigenvalue weighted by Gasteiger charge is 2.31. The predicted molar refractivity (Wildman–Crippen MR) is 85.6 cm³/mol. The van der Waals surface area contributed by atoms with E-state index in [1.54, 1.807) is 30.5 Å². The number of benzene rings is 1. The van der Waals surface area contributed by atoms with Gasteiger partial charge in [-0.15, -0.1) is 0 Å². The second kappa shape index (κ2) is 5.66. The Kier molecular flexibility index (Phi) is 3.81. The first-order valence-electron chi connectivity index (χ1n) is 7.10. The van der Waals surface area contributed by atoms with Crippen LogP contribution in [-0.4, -0.2) is 38.2 Å². The second-order valence-electron chi connectivity index (χ2n) is 5.44. The van der Waals surface area contributed by atoms with Crippen molar-refractivity contribution >= 4 is 21.4 Å². The van der Waals surface area contributed by atoms with E-state index in [0.717, 1.165) is 6.26 Å². The topological polar surface area (TPSA) is 76.6 Å². The summed E-state index contributed by atoms with van der Waals surface area (Å²) in [5, 5.41) is 0. The van der Waals surface area contributed by atoms with Gasteiger partial charge in [0.2, 0.25) is 5.88 Å². The number of hydrogen-bond acceptors (Lipinski definition) is 5. The van der Waals surface area contributed by atoms with Crippen LogP contribution in [0.2, 0.25) is 0 Å². The molecule has 23 heavy (non-hydrogen) atoms. The van der Waals surface area contributed by atoms with Gasteiger partial charge < -0.3 is 4.74 Å². The van der Waals surface area contributed by atoms with Crippen molar-refractivity contribution in [3.05, 3.63) is 48.2 Å². The van der Waals surface area contributed by atoms with Crippen molar-refractivity contribution in [2.75, 3.05) is 17.7 Å². The summed E-state index contributed by atoms with van der Waals surface area (Å²) in [7, 11) is -3.50. The van der Waals surface area contributed by atoms with Crippen LogP contribution in [0.3, 0.4) is 0 Å². The fraction of sp³-hybridized carbons (Fsp3) is 0.250. The molecule has 2 heterocycles. The highest BCUT2D eigenvalue weighted by atomic mass is 32.2. The van der Waals surface area contributed by atoms with E-state index in [1.807, 2.05) is 6.92 Å². The van der Waals surface area contributed by atoms with Crippen molar-refractivity contribution in [3.63, 3.8) is 0 Å². The maximum Gasteiger partial charge on any atom is 0.259 e. The van der Waals surface area contributed by atoms with E-state index in [9.17, 15) is 13.2 Å². The van der Waals surface area contributed by atoms with Gasteiger partial charge in [-0.1, -0.05) is 12.1 Å². The fourth-order valence-electron chi connectivity index (χ4n) is 2.57. The van der Waals surface area contributed by atoms with Crippen molar-refractivity contribution in [1.29, 1.82) is 0 Å². The van der Waals surface area contributed by atoms with Crippen LogP contribution in [-0.2, 0) is 9.84 Å². The Labute approximate surface area is 134 Å². The molecule has 1 aromatic carbocycles. The Morgan fingerprint density at radius 3 is 2.74 bits per heavy atom. The molecule has 1 atom stereocenters. The van der Waals surface area contributed by atoms with Crippen molar-refractivity contribution in [2.45, 2.75) is 17.9 Å². The molecule has 0 aliphatic carbocycles. The molecular weight excluding hydrogens is 316 g/mol. The smallest absolute Gasteiger partial charge is 0.259 e. The number of amides is 1. The number of fused-ring (bicyclic) bond motifs is 1. The molecule has 0 spiro atoms. The summed E-state index contributed by atoms with van der Waals surface area (Å²) in [6, 6.07) is 9.65. The maximum absolute atomic E-state index is 13.0. The zero-order chi connectivity index (χ0) is 16.6. The summed E-state index contributed by atoms with van der Waals surface area (Å²) in [5.41, 5.74) is 0.692. The van der Waals surface area contributed by atoms with Gasteiger partial charge in [-0.05, 0) is 31.2 Å². The maximum atomic E-state index is 13.0. The molecule has 1 aliphatic rings. The molecule has 0 saturated carbocycles. The molecule has 1 aliphatic heterocycles. The third kappa shape index (κ3) is 2.92. The summed E-state index contributed by atoms with van der Waals surface area (Å²) < 4.78 is 29.5. The quantitative estimate of drug-likeness (QED) is 0.839. The van der Waals surface area contributed by atoms with Gasteiger partial charge in [0, 0.05) is 12.5 Å². The second-order valence-corrected chi connectivity index (χ2v) is 7.42. The van der Waals surface area contributed by atoms with E-state index < -0.39 is 9.84 Å². The van der Waals surface area contributed by atoms with E-state index in [-0.39, 0.29) is 22.5 Å². The lowest BCUT2D eigenvalue weighted by Crippen LogP contribution is -2.43. The monoisotopic (exact) mass is 332 g/mol. The van der Waals surface area contributed by atoms with Crippen LogP contribution < -0.4 is 9.64 Å². The first kappa shape index (κ1) is 15.5. The highest BCUT2D eigenvalue weighted by Crippen LogP contribution is 2.32. The largest absolute Gasteiger partial charge is 0.471 e. The molecule has 0 saturated heterocycles. The Balaban J connectivity index is 2.09. The van der Waals surface area contributed by atoms with Crippen LogP contribution in [0.15, 0.2) is 47.5 Å². The molecule has 1 amide bonds. The number of nitrogens with zero attached hydrogens (tertiary/aromatic N) is 2. The summed E-state index contributed by atoms with van der Waals surface area (Å²) in [4.78, 5) is 18.6. The molecule has 7 heteroatoms. The Morgan fingerprint density at radius 1 is 1.26 bits per heavy atom. The fourth-order valence-corrected chi connectivity index (χ4v) is 3.45.